The number of benzene rings is 1. The maximum atomic E-state index is 5.15. The number of fused-ring (bicyclic) bond motifs is 1. The molecule has 0 N–H and O–H groups in total. The lowest BCUT2D eigenvalue weighted by atomic mass is 10.0. The SMILES string of the molecule is COCC(C)c1ccc2sccc2c1. The standard InChI is InChI=1S/C12H14OS/c1-9(8-13-2)10-3-4-12-11(7-10)5-6-14-12/h3-7,9H,8H2,1-2H3. The van der Waals surface area contributed by atoms with Gasteiger partial charge in [-0.1, -0.05) is 13.0 Å². The van der Waals surface area contributed by atoms with Crippen molar-refractivity contribution in [1.82, 2.24) is 0 Å². The molecule has 0 aliphatic carbocycles. The molecule has 0 saturated carbocycles. The number of hydrogen-bond donors (Lipinski definition) is 0. The molecule has 2 heteroatoms. The van der Waals surface area contributed by atoms with Gasteiger partial charge in [-0.3, -0.25) is 0 Å². The van der Waals surface area contributed by atoms with Crippen LogP contribution in [0, 0.1) is 0 Å². The van der Waals surface area contributed by atoms with Gasteiger partial charge in [0.1, 0.15) is 0 Å². The number of rotatable bonds is 3. The highest BCUT2D eigenvalue weighted by atomic mass is 32.1. The summed E-state index contributed by atoms with van der Waals surface area (Å²) < 4.78 is 6.51. The van der Waals surface area contributed by atoms with Crippen molar-refractivity contribution < 1.29 is 4.74 Å². The minimum atomic E-state index is 0.476. The van der Waals surface area contributed by atoms with Crippen molar-refractivity contribution in [2.75, 3.05) is 13.7 Å². The van der Waals surface area contributed by atoms with Crippen LogP contribution >= 0.6 is 11.3 Å². The fraction of sp³-hybridized carbons (Fsp3) is 0.333. The van der Waals surface area contributed by atoms with Gasteiger partial charge in [-0.05, 0) is 34.5 Å². The molecule has 2 rings (SSSR count). The lowest BCUT2D eigenvalue weighted by Crippen LogP contribution is -2.01. The summed E-state index contributed by atoms with van der Waals surface area (Å²) >= 11 is 1.79. The van der Waals surface area contributed by atoms with E-state index in [-0.39, 0.29) is 0 Å². The predicted molar refractivity (Wildman–Crippen MR) is 62.1 cm³/mol. The molecular formula is C12H14OS. The van der Waals surface area contributed by atoms with Crippen LogP contribution in [-0.2, 0) is 4.74 Å². The summed E-state index contributed by atoms with van der Waals surface area (Å²) in [6.45, 7) is 2.98. The minimum Gasteiger partial charge on any atom is -0.384 e. The largest absolute Gasteiger partial charge is 0.384 e. The van der Waals surface area contributed by atoms with Gasteiger partial charge in [0, 0.05) is 17.7 Å². The molecule has 0 bridgehead atoms. The molecular weight excluding hydrogens is 192 g/mol. The zero-order valence-electron chi connectivity index (χ0n) is 8.49. The van der Waals surface area contributed by atoms with Crippen molar-refractivity contribution in [3.05, 3.63) is 35.2 Å². The Bertz CT molecular complexity index is 419. The van der Waals surface area contributed by atoms with E-state index in [1.807, 2.05) is 0 Å². The first-order valence-corrected chi connectivity index (χ1v) is 5.65. The van der Waals surface area contributed by atoms with Crippen LogP contribution in [-0.4, -0.2) is 13.7 Å². The molecule has 0 spiro atoms. The van der Waals surface area contributed by atoms with Crippen LogP contribution in [0.5, 0.6) is 0 Å². The van der Waals surface area contributed by atoms with Crippen LogP contribution < -0.4 is 0 Å². The molecule has 0 saturated heterocycles. The Kier molecular flexibility index (Phi) is 2.85. The van der Waals surface area contributed by atoms with E-state index in [2.05, 4.69) is 36.6 Å². The van der Waals surface area contributed by atoms with Gasteiger partial charge in [0.2, 0.25) is 0 Å². The van der Waals surface area contributed by atoms with Crippen molar-refractivity contribution in [3.63, 3.8) is 0 Å². The zero-order chi connectivity index (χ0) is 9.97. The van der Waals surface area contributed by atoms with Gasteiger partial charge in [0.15, 0.2) is 0 Å². The van der Waals surface area contributed by atoms with Gasteiger partial charge in [-0.15, -0.1) is 11.3 Å². The Morgan fingerprint density at radius 3 is 3.00 bits per heavy atom. The van der Waals surface area contributed by atoms with Gasteiger partial charge in [-0.2, -0.15) is 0 Å². The van der Waals surface area contributed by atoms with E-state index in [9.17, 15) is 0 Å². The van der Waals surface area contributed by atoms with Gasteiger partial charge in [-0.25, -0.2) is 0 Å². The third kappa shape index (κ3) is 1.81. The number of thiophene rings is 1. The molecule has 0 fully saturated rings. The van der Waals surface area contributed by atoms with Crippen molar-refractivity contribution in [1.29, 1.82) is 0 Å². The van der Waals surface area contributed by atoms with Crippen molar-refractivity contribution in [2.24, 2.45) is 0 Å². The zero-order valence-corrected chi connectivity index (χ0v) is 9.30. The number of hydrogen-bond acceptors (Lipinski definition) is 2. The lowest BCUT2D eigenvalue weighted by Gasteiger charge is -2.10. The average molecular weight is 206 g/mol. The predicted octanol–water partition coefficient (Wildman–Crippen LogP) is 3.65. The van der Waals surface area contributed by atoms with Crippen LogP contribution in [0.15, 0.2) is 29.6 Å². The minimum absolute atomic E-state index is 0.476. The summed E-state index contributed by atoms with van der Waals surface area (Å²) in [5.74, 6) is 0.476. The Balaban J connectivity index is 2.33. The molecule has 1 aromatic carbocycles. The molecule has 1 nitrogen and oxygen atoms in total. The Morgan fingerprint density at radius 2 is 2.21 bits per heavy atom. The van der Waals surface area contributed by atoms with Crippen molar-refractivity contribution in [2.45, 2.75) is 12.8 Å². The molecule has 1 aromatic heterocycles. The van der Waals surface area contributed by atoms with E-state index in [1.165, 1.54) is 15.6 Å². The van der Waals surface area contributed by atoms with E-state index in [0.29, 0.717) is 5.92 Å². The monoisotopic (exact) mass is 206 g/mol. The first-order valence-electron chi connectivity index (χ1n) is 4.77. The lowest BCUT2D eigenvalue weighted by molar-refractivity contribution is 0.184. The summed E-state index contributed by atoms with van der Waals surface area (Å²) in [5.41, 5.74) is 1.36. The molecule has 1 heterocycles. The van der Waals surface area contributed by atoms with E-state index >= 15 is 0 Å². The van der Waals surface area contributed by atoms with Gasteiger partial charge in [0.25, 0.3) is 0 Å². The van der Waals surface area contributed by atoms with Crippen LogP contribution in [0.4, 0.5) is 0 Å². The molecule has 1 atom stereocenters. The van der Waals surface area contributed by atoms with Crippen molar-refractivity contribution >= 4 is 21.4 Å². The third-order valence-corrected chi connectivity index (χ3v) is 3.36. The first kappa shape index (κ1) is 9.69. The molecule has 74 valence electrons. The Morgan fingerprint density at radius 1 is 1.36 bits per heavy atom. The number of ether oxygens (including phenoxy) is 1. The summed E-state index contributed by atoms with van der Waals surface area (Å²) in [7, 11) is 1.75. The van der Waals surface area contributed by atoms with Gasteiger partial charge < -0.3 is 4.74 Å². The van der Waals surface area contributed by atoms with E-state index in [4.69, 9.17) is 4.74 Å². The maximum Gasteiger partial charge on any atom is 0.0528 e. The van der Waals surface area contributed by atoms with E-state index in [0.717, 1.165) is 6.61 Å². The Labute approximate surface area is 88.3 Å². The highest BCUT2D eigenvalue weighted by molar-refractivity contribution is 7.17. The fourth-order valence-electron chi connectivity index (χ4n) is 1.64. The molecule has 0 aliphatic heterocycles. The molecule has 0 radical (unpaired) electrons. The second-order valence-electron chi connectivity index (χ2n) is 3.57. The number of methoxy groups -OCH3 is 1. The highest BCUT2D eigenvalue weighted by Gasteiger charge is 2.05. The normalized spacial score (nSPS) is 13.3. The van der Waals surface area contributed by atoms with Crippen molar-refractivity contribution in [3.8, 4) is 0 Å². The van der Waals surface area contributed by atoms with Crippen LogP contribution in [0.2, 0.25) is 0 Å². The molecule has 2 aromatic rings. The van der Waals surface area contributed by atoms with Crippen LogP contribution in [0.25, 0.3) is 10.1 Å². The van der Waals surface area contributed by atoms with E-state index in [1.54, 1.807) is 18.4 Å². The molecule has 1 unspecified atom stereocenters. The second kappa shape index (κ2) is 4.11. The molecule has 14 heavy (non-hydrogen) atoms. The average Bonchev–Trinajstić information content (AvgIpc) is 2.64. The summed E-state index contributed by atoms with van der Waals surface area (Å²) in [6.07, 6.45) is 0. The smallest absolute Gasteiger partial charge is 0.0528 e. The fourth-order valence-corrected chi connectivity index (χ4v) is 2.41. The second-order valence-corrected chi connectivity index (χ2v) is 4.52. The van der Waals surface area contributed by atoms with Gasteiger partial charge >= 0.3 is 0 Å². The van der Waals surface area contributed by atoms with Crippen LogP contribution in [0.1, 0.15) is 18.4 Å². The topological polar surface area (TPSA) is 9.23 Å². The summed E-state index contributed by atoms with van der Waals surface area (Å²) in [6, 6.07) is 8.82. The summed E-state index contributed by atoms with van der Waals surface area (Å²) in [5, 5.41) is 3.48. The maximum absolute atomic E-state index is 5.15. The molecule has 0 aliphatic rings. The Hall–Kier alpha value is -0.860. The third-order valence-electron chi connectivity index (χ3n) is 2.46. The summed E-state index contributed by atoms with van der Waals surface area (Å²) in [4.78, 5) is 0. The van der Waals surface area contributed by atoms with Gasteiger partial charge in [0.05, 0.1) is 6.61 Å². The molecule has 0 amide bonds. The quantitative estimate of drug-likeness (QED) is 0.744. The van der Waals surface area contributed by atoms with Crippen LogP contribution in [0.3, 0.4) is 0 Å². The van der Waals surface area contributed by atoms with E-state index < -0.39 is 0 Å². The highest BCUT2D eigenvalue weighted by Crippen LogP contribution is 2.25. The first-order chi connectivity index (χ1) is 6.81.